The number of aliphatic hydroxyl groups excluding tert-OH is 1. The van der Waals surface area contributed by atoms with Crippen LogP contribution in [0.1, 0.15) is 30.9 Å². The van der Waals surface area contributed by atoms with Gasteiger partial charge in [-0.2, -0.15) is 0 Å². The summed E-state index contributed by atoms with van der Waals surface area (Å²) in [5.41, 5.74) is 1.05. The minimum Gasteiger partial charge on any atom is -0.387 e. The van der Waals surface area contributed by atoms with E-state index in [9.17, 15) is 5.11 Å². The second kappa shape index (κ2) is 5.71. The predicted octanol–water partition coefficient (Wildman–Crippen LogP) is 4.17. The van der Waals surface area contributed by atoms with Crippen LogP contribution in [-0.4, -0.2) is 17.7 Å². The van der Waals surface area contributed by atoms with E-state index < -0.39 is 6.10 Å². The fourth-order valence-corrected chi connectivity index (χ4v) is 3.69. The maximum atomic E-state index is 10.9. The summed E-state index contributed by atoms with van der Waals surface area (Å²) in [6.07, 6.45) is 3.00. The van der Waals surface area contributed by atoms with Crippen LogP contribution < -0.4 is 5.32 Å². The maximum Gasteiger partial charge on any atom is 0.0949 e. The SMILES string of the molecule is O[C@@H](c1cc2ccccc2c2ccccc12)[C@H]1CCCCN1. The number of fused-ring (bicyclic) bond motifs is 3. The first-order chi connectivity index (χ1) is 10.8. The van der Waals surface area contributed by atoms with Gasteiger partial charge in [-0.25, -0.2) is 0 Å². The topological polar surface area (TPSA) is 32.3 Å². The molecule has 0 aromatic heterocycles. The van der Waals surface area contributed by atoms with Gasteiger partial charge in [0.1, 0.15) is 0 Å². The van der Waals surface area contributed by atoms with Crippen molar-refractivity contribution in [1.29, 1.82) is 0 Å². The largest absolute Gasteiger partial charge is 0.387 e. The van der Waals surface area contributed by atoms with Gasteiger partial charge in [-0.3, -0.25) is 0 Å². The molecule has 0 saturated carbocycles. The van der Waals surface area contributed by atoms with Gasteiger partial charge in [-0.1, -0.05) is 55.0 Å². The average Bonchev–Trinajstić information content (AvgIpc) is 2.61. The van der Waals surface area contributed by atoms with Crippen LogP contribution in [0.25, 0.3) is 21.5 Å². The Morgan fingerprint density at radius 3 is 2.41 bits per heavy atom. The van der Waals surface area contributed by atoms with Crippen molar-refractivity contribution in [1.82, 2.24) is 5.32 Å². The molecule has 1 aliphatic rings. The molecule has 0 radical (unpaired) electrons. The van der Waals surface area contributed by atoms with E-state index in [-0.39, 0.29) is 6.04 Å². The fourth-order valence-electron chi connectivity index (χ4n) is 3.69. The summed E-state index contributed by atoms with van der Waals surface area (Å²) >= 11 is 0. The van der Waals surface area contributed by atoms with E-state index in [4.69, 9.17) is 0 Å². The Balaban J connectivity index is 1.91. The van der Waals surface area contributed by atoms with Crippen molar-refractivity contribution in [3.8, 4) is 0 Å². The molecule has 2 N–H and O–H groups in total. The van der Waals surface area contributed by atoms with E-state index in [1.165, 1.54) is 34.4 Å². The first-order valence-corrected chi connectivity index (χ1v) is 8.16. The van der Waals surface area contributed by atoms with Gasteiger partial charge in [-0.15, -0.1) is 0 Å². The van der Waals surface area contributed by atoms with Crippen LogP contribution in [-0.2, 0) is 0 Å². The number of hydrogen-bond acceptors (Lipinski definition) is 2. The highest BCUT2D eigenvalue weighted by atomic mass is 16.3. The minimum atomic E-state index is -0.449. The summed E-state index contributed by atoms with van der Waals surface area (Å²) in [7, 11) is 0. The molecule has 2 atom stereocenters. The quantitative estimate of drug-likeness (QED) is 0.695. The summed E-state index contributed by atoms with van der Waals surface area (Å²) in [6.45, 7) is 1.01. The van der Waals surface area contributed by atoms with Gasteiger partial charge in [0.15, 0.2) is 0 Å². The lowest BCUT2D eigenvalue weighted by Crippen LogP contribution is -2.38. The van der Waals surface area contributed by atoms with Crippen LogP contribution in [0.2, 0.25) is 0 Å². The van der Waals surface area contributed by atoms with Crippen LogP contribution in [0, 0.1) is 0 Å². The van der Waals surface area contributed by atoms with Crippen LogP contribution in [0.3, 0.4) is 0 Å². The van der Waals surface area contributed by atoms with Crippen molar-refractivity contribution in [3.63, 3.8) is 0 Å². The fraction of sp³-hybridized carbons (Fsp3) is 0.300. The molecule has 0 amide bonds. The molecule has 3 aromatic carbocycles. The number of benzene rings is 3. The summed E-state index contributed by atoms with van der Waals surface area (Å²) in [6, 6.07) is 19.2. The van der Waals surface area contributed by atoms with Crippen LogP contribution in [0.4, 0.5) is 0 Å². The zero-order valence-corrected chi connectivity index (χ0v) is 12.6. The highest BCUT2D eigenvalue weighted by Crippen LogP contribution is 2.34. The third-order valence-electron chi connectivity index (χ3n) is 4.85. The number of piperidine rings is 1. The molecule has 1 heterocycles. The van der Waals surface area contributed by atoms with Crippen molar-refractivity contribution >= 4 is 21.5 Å². The van der Waals surface area contributed by atoms with Gasteiger partial charge in [0.2, 0.25) is 0 Å². The maximum absolute atomic E-state index is 10.9. The molecule has 2 heteroatoms. The van der Waals surface area contributed by atoms with Crippen molar-refractivity contribution in [3.05, 3.63) is 60.2 Å². The molecule has 1 fully saturated rings. The monoisotopic (exact) mass is 291 g/mol. The van der Waals surface area contributed by atoms with Gasteiger partial charge in [0, 0.05) is 6.04 Å². The van der Waals surface area contributed by atoms with Crippen LogP contribution in [0.5, 0.6) is 0 Å². The molecule has 2 nitrogen and oxygen atoms in total. The highest BCUT2D eigenvalue weighted by molar-refractivity contribution is 6.09. The molecular weight excluding hydrogens is 270 g/mol. The lowest BCUT2D eigenvalue weighted by Gasteiger charge is -2.29. The first kappa shape index (κ1) is 13.7. The van der Waals surface area contributed by atoms with Crippen molar-refractivity contribution in [2.24, 2.45) is 0 Å². The Bertz CT molecular complexity index is 805. The Morgan fingerprint density at radius 1 is 0.909 bits per heavy atom. The Morgan fingerprint density at radius 2 is 1.64 bits per heavy atom. The van der Waals surface area contributed by atoms with Gasteiger partial charge >= 0.3 is 0 Å². The molecule has 0 aliphatic carbocycles. The van der Waals surface area contributed by atoms with Gasteiger partial charge in [0.05, 0.1) is 6.10 Å². The molecule has 0 unspecified atom stereocenters. The molecule has 4 rings (SSSR count). The third-order valence-corrected chi connectivity index (χ3v) is 4.85. The molecule has 1 saturated heterocycles. The van der Waals surface area contributed by atoms with E-state index in [1.807, 2.05) is 0 Å². The highest BCUT2D eigenvalue weighted by Gasteiger charge is 2.24. The van der Waals surface area contributed by atoms with E-state index in [1.54, 1.807) is 0 Å². The molecule has 0 spiro atoms. The second-order valence-electron chi connectivity index (χ2n) is 6.23. The lowest BCUT2D eigenvalue weighted by molar-refractivity contribution is 0.115. The number of aliphatic hydroxyl groups is 1. The number of nitrogens with one attached hydrogen (secondary N) is 1. The van der Waals surface area contributed by atoms with E-state index >= 15 is 0 Å². The summed E-state index contributed by atoms with van der Waals surface area (Å²) in [5.74, 6) is 0. The summed E-state index contributed by atoms with van der Waals surface area (Å²) < 4.78 is 0. The Hall–Kier alpha value is -1.90. The first-order valence-electron chi connectivity index (χ1n) is 8.16. The molecular formula is C20H21NO. The van der Waals surface area contributed by atoms with Gasteiger partial charge < -0.3 is 10.4 Å². The van der Waals surface area contributed by atoms with Crippen molar-refractivity contribution < 1.29 is 5.11 Å². The third kappa shape index (κ3) is 2.29. The normalized spacial score (nSPS) is 20.3. The number of hydrogen-bond donors (Lipinski definition) is 2. The van der Waals surface area contributed by atoms with E-state index in [0.717, 1.165) is 18.5 Å². The molecule has 1 aliphatic heterocycles. The zero-order chi connectivity index (χ0) is 14.9. The predicted molar refractivity (Wildman–Crippen MR) is 92.1 cm³/mol. The van der Waals surface area contributed by atoms with E-state index in [0.29, 0.717) is 0 Å². The molecule has 112 valence electrons. The zero-order valence-electron chi connectivity index (χ0n) is 12.6. The van der Waals surface area contributed by atoms with Gasteiger partial charge in [-0.05, 0) is 52.6 Å². The molecule has 0 bridgehead atoms. The lowest BCUT2D eigenvalue weighted by atomic mass is 9.89. The van der Waals surface area contributed by atoms with Crippen LogP contribution >= 0.6 is 0 Å². The average molecular weight is 291 g/mol. The van der Waals surface area contributed by atoms with E-state index in [2.05, 4.69) is 59.9 Å². The van der Waals surface area contributed by atoms with Crippen molar-refractivity contribution in [2.45, 2.75) is 31.4 Å². The molecule has 3 aromatic rings. The molecule has 22 heavy (non-hydrogen) atoms. The number of rotatable bonds is 2. The summed E-state index contributed by atoms with van der Waals surface area (Å²) in [4.78, 5) is 0. The van der Waals surface area contributed by atoms with Gasteiger partial charge in [0.25, 0.3) is 0 Å². The Kier molecular flexibility index (Phi) is 3.57. The minimum absolute atomic E-state index is 0.165. The smallest absolute Gasteiger partial charge is 0.0949 e. The summed E-state index contributed by atoms with van der Waals surface area (Å²) in [5, 5.41) is 19.3. The van der Waals surface area contributed by atoms with Crippen molar-refractivity contribution in [2.75, 3.05) is 6.54 Å². The second-order valence-corrected chi connectivity index (χ2v) is 6.23. The standard InChI is InChI=1S/C20H21NO/c22-20(19-11-5-6-12-21-19)18-13-14-7-1-2-8-15(14)16-9-3-4-10-17(16)18/h1-4,7-10,13,19-22H,5-6,11-12H2/t19-,20+/m1/s1. The Labute approximate surface area is 130 Å². The van der Waals surface area contributed by atoms with Crippen LogP contribution in [0.15, 0.2) is 54.6 Å².